The molecule has 1 unspecified atom stereocenters. The van der Waals surface area contributed by atoms with E-state index in [9.17, 15) is 9.59 Å². The minimum Gasteiger partial charge on any atom is -0.497 e. The van der Waals surface area contributed by atoms with E-state index >= 15 is 0 Å². The molecule has 2 N–H and O–H groups in total. The number of amides is 1. The first-order valence-corrected chi connectivity index (χ1v) is 10.6. The number of hydrogen-bond donors (Lipinski definition) is 1. The molecule has 8 heteroatoms. The highest BCUT2D eigenvalue weighted by atomic mass is 16.5. The fourth-order valence-electron chi connectivity index (χ4n) is 4.09. The Balaban J connectivity index is 1.81. The zero-order valence-electron chi connectivity index (χ0n) is 18.9. The maximum Gasteiger partial charge on any atom is 0.246 e. The van der Waals surface area contributed by atoms with Crippen LogP contribution in [0.4, 0.5) is 5.82 Å². The highest BCUT2D eigenvalue weighted by Gasteiger charge is 2.29. The zero-order valence-corrected chi connectivity index (χ0v) is 18.9. The molecule has 0 spiro atoms. The van der Waals surface area contributed by atoms with Gasteiger partial charge in [-0.05, 0) is 56.0 Å². The molecule has 0 radical (unpaired) electrons. The van der Waals surface area contributed by atoms with Crippen LogP contribution in [0.15, 0.2) is 37.1 Å². The number of pyridine rings is 1. The molecular formula is C25H25N5O3. The molecule has 168 valence electrons. The third-order valence-corrected chi connectivity index (χ3v) is 5.81. The van der Waals surface area contributed by atoms with Crippen LogP contribution in [0, 0.1) is 18.8 Å². The Hall–Kier alpha value is -4.12. The van der Waals surface area contributed by atoms with Gasteiger partial charge >= 0.3 is 0 Å². The molecule has 0 aliphatic carbocycles. The van der Waals surface area contributed by atoms with Crippen LogP contribution in [-0.4, -0.2) is 51.6 Å². The molecule has 1 atom stereocenters. The third-order valence-electron chi connectivity index (χ3n) is 5.81. The van der Waals surface area contributed by atoms with Gasteiger partial charge < -0.3 is 15.4 Å². The predicted octanol–water partition coefficient (Wildman–Crippen LogP) is 2.89. The van der Waals surface area contributed by atoms with Crippen LogP contribution in [0.1, 0.15) is 46.6 Å². The van der Waals surface area contributed by atoms with E-state index in [1.165, 1.54) is 13.0 Å². The largest absolute Gasteiger partial charge is 0.497 e. The van der Waals surface area contributed by atoms with Crippen molar-refractivity contribution in [3.05, 3.63) is 59.4 Å². The Bertz CT molecular complexity index is 1350. The smallest absolute Gasteiger partial charge is 0.246 e. The number of anilines is 1. The lowest BCUT2D eigenvalue weighted by Crippen LogP contribution is -2.27. The number of methoxy groups -OCH3 is 1. The summed E-state index contributed by atoms with van der Waals surface area (Å²) in [6.45, 7) is 8.20. The molecule has 3 heterocycles. The number of hydrogen-bond acceptors (Lipinski definition) is 6. The Kier molecular flexibility index (Phi) is 5.88. The van der Waals surface area contributed by atoms with Crippen LogP contribution >= 0.6 is 0 Å². The van der Waals surface area contributed by atoms with Gasteiger partial charge in [0.05, 0.1) is 24.1 Å². The summed E-state index contributed by atoms with van der Waals surface area (Å²) in [5.74, 6) is 6.94. The molecule has 2 aromatic heterocycles. The number of nitrogens with zero attached hydrogens (tertiary/aromatic N) is 4. The second-order valence-corrected chi connectivity index (χ2v) is 8.03. The summed E-state index contributed by atoms with van der Waals surface area (Å²) in [5, 5.41) is 5.47. The predicted molar refractivity (Wildman–Crippen MR) is 126 cm³/mol. The molecule has 0 bridgehead atoms. The van der Waals surface area contributed by atoms with Crippen molar-refractivity contribution < 1.29 is 14.3 Å². The molecule has 1 saturated heterocycles. The van der Waals surface area contributed by atoms with Crippen molar-refractivity contribution >= 4 is 28.4 Å². The van der Waals surface area contributed by atoms with E-state index < -0.39 is 0 Å². The second-order valence-electron chi connectivity index (χ2n) is 8.03. The molecule has 4 rings (SSSR count). The van der Waals surface area contributed by atoms with E-state index in [1.54, 1.807) is 36.4 Å². The average Bonchev–Trinajstić information content (AvgIpc) is 3.45. The monoisotopic (exact) mass is 443 g/mol. The summed E-state index contributed by atoms with van der Waals surface area (Å²) in [5.41, 5.74) is 9.67. The normalized spacial score (nSPS) is 15.2. The summed E-state index contributed by atoms with van der Waals surface area (Å²) in [6.07, 6.45) is 3.82. The standard InChI is InChI=1S/C25H25N5O3/c1-5-22(32)29-9-8-19(14-29)30-24-15(2)13-27-25(26)23(24)21(28-30)7-6-17-10-18(16(3)31)12-20(11-17)33-4/h5,10-13,19H,1,8-9,14H2,2-4H3,(H2,26,27). The number of aromatic nitrogens is 3. The van der Waals surface area contributed by atoms with E-state index in [0.717, 1.165) is 17.5 Å². The molecule has 33 heavy (non-hydrogen) atoms. The lowest BCUT2D eigenvalue weighted by atomic mass is 10.1. The number of ether oxygens (including phenoxy) is 1. The molecule has 1 aliphatic heterocycles. The molecule has 0 saturated carbocycles. The van der Waals surface area contributed by atoms with Gasteiger partial charge in [-0.3, -0.25) is 14.3 Å². The van der Waals surface area contributed by atoms with E-state index in [0.29, 0.717) is 46.9 Å². The number of Topliss-reactive ketones (excluding diaryl/α,β-unsaturated/α-hetero) is 1. The van der Waals surface area contributed by atoms with Gasteiger partial charge in [0, 0.05) is 30.4 Å². The first-order chi connectivity index (χ1) is 15.8. The Morgan fingerprint density at radius 2 is 2.09 bits per heavy atom. The molecule has 1 aromatic carbocycles. The van der Waals surface area contributed by atoms with Crippen molar-refractivity contribution in [2.24, 2.45) is 0 Å². The zero-order chi connectivity index (χ0) is 23.7. The van der Waals surface area contributed by atoms with Gasteiger partial charge in [-0.2, -0.15) is 5.10 Å². The third kappa shape index (κ3) is 4.17. The van der Waals surface area contributed by atoms with E-state index in [2.05, 4.69) is 23.4 Å². The SMILES string of the molecule is C=CC(=O)N1CCC(n2nc(C#Cc3cc(OC)cc(C(C)=O)c3)c3c(N)ncc(C)c32)C1. The molecular weight excluding hydrogens is 418 g/mol. The van der Waals surface area contributed by atoms with Gasteiger partial charge in [0.1, 0.15) is 17.3 Å². The first kappa shape index (κ1) is 22.1. The van der Waals surface area contributed by atoms with Crippen LogP contribution in [0.25, 0.3) is 10.9 Å². The number of nitrogen functional groups attached to an aromatic ring is 1. The van der Waals surface area contributed by atoms with Crippen molar-refractivity contribution in [3.8, 4) is 17.6 Å². The van der Waals surface area contributed by atoms with Gasteiger partial charge in [0.15, 0.2) is 5.78 Å². The van der Waals surface area contributed by atoms with Crippen molar-refractivity contribution in [1.82, 2.24) is 19.7 Å². The van der Waals surface area contributed by atoms with Gasteiger partial charge in [-0.15, -0.1) is 0 Å². The first-order valence-electron chi connectivity index (χ1n) is 10.6. The van der Waals surface area contributed by atoms with Gasteiger partial charge in [-0.1, -0.05) is 12.5 Å². The lowest BCUT2D eigenvalue weighted by molar-refractivity contribution is -0.125. The van der Waals surface area contributed by atoms with Gasteiger partial charge in [0.25, 0.3) is 0 Å². The maximum atomic E-state index is 12.1. The highest BCUT2D eigenvalue weighted by molar-refractivity contribution is 5.96. The van der Waals surface area contributed by atoms with Crippen LogP contribution < -0.4 is 10.5 Å². The number of carbonyl (C=O) groups excluding carboxylic acids is 2. The van der Waals surface area contributed by atoms with Crippen molar-refractivity contribution in [2.45, 2.75) is 26.3 Å². The fourth-order valence-corrected chi connectivity index (χ4v) is 4.09. The summed E-state index contributed by atoms with van der Waals surface area (Å²) in [7, 11) is 1.54. The molecule has 1 aliphatic rings. The summed E-state index contributed by atoms with van der Waals surface area (Å²) >= 11 is 0. The van der Waals surface area contributed by atoms with E-state index in [4.69, 9.17) is 15.6 Å². The number of ketones is 1. The van der Waals surface area contributed by atoms with E-state index in [-0.39, 0.29) is 17.7 Å². The quantitative estimate of drug-likeness (QED) is 0.378. The van der Waals surface area contributed by atoms with Gasteiger partial charge in [0.2, 0.25) is 5.91 Å². The van der Waals surface area contributed by atoms with Crippen molar-refractivity contribution in [3.63, 3.8) is 0 Å². The average molecular weight is 444 g/mol. The topological polar surface area (TPSA) is 103 Å². The number of likely N-dealkylation sites (tertiary alicyclic amines) is 1. The van der Waals surface area contributed by atoms with Crippen LogP contribution in [0.3, 0.4) is 0 Å². The number of nitrogens with two attached hydrogens (primary N) is 1. The summed E-state index contributed by atoms with van der Waals surface area (Å²) in [6, 6.07) is 5.16. The lowest BCUT2D eigenvalue weighted by Gasteiger charge is -2.15. The Morgan fingerprint density at radius 1 is 1.30 bits per heavy atom. The number of fused-ring (bicyclic) bond motifs is 1. The summed E-state index contributed by atoms with van der Waals surface area (Å²) in [4.78, 5) is 30.0. The van der Waals surface area contributed by atoms with Crippen LogP contribution in [0.5, 0.6) is 5.75 Å². The van der Waals surface area contributed by atoms with E-state index in [1.807, 2.05) is 11.6 Å². The van der Waals surface area contributed by atoms with Crippen LogP contribution in [-0.2, 0) is 4.79 Å². The minimum atomic E-state index is -0.0915. The second kappa shape index (κ2) is 8.79. The Labute approximate surface area is 192 Å². The summed E-state index contributed by atoms with van der Waals surface area (Å²) < 4.78 is 7.22. The Morgan fingerprint density at radius 3 is 2.79 bits per heavy atom. The van der Waals surface area contributed by atoms with Crippen LogP contribution in [0.2, 0.25) is 0 Å². The molecule has 3 aromatic rings. The number of rotatable bonds is 4. The molecule has 8 nitrogen and oxygen atoms in total. The van der Waals surface area contributed by atoms with Crippen molar-refractivity contribution in [1.29, 1.82) is 0 Å². The minimum absolute atomic E-state index is 0.00594. The fraction of sp³-hybridized carbons (Fsp3) is 0.280. The highest BCUT2D eigenvalue weighted by Crippen LogP contribution is 2.31. The number of benzene rings is 1. The maximum absolute atomic E-state index is 12.1. The molecule has 1 amide bonds. The van der Waals surface area contributed by atoms with Crippen molar-refractivity contribution in [2.75, 3.05) is 25.9 Å². The number of aryl methyl sites for hydroxylation is 1. The van der Waals surface area contributed by atoms with Gasteiger partial charge in [-0.25, -0.2) is 4.98 Å². The molecule has 1 fully saturated rings. The number of carbonyl (C=O) groups is 2.